The molecule has 0 aliphatic carbocycles. The minimum Gasteiger partial charge on any atom is -0.377 e. The van der Waals surface area contributed by atoms with Gasteiger partial charge in [0.25, 0.3) is 0 Å². The van der Waals surface area contributed by atoms with Gasteiger partial charge in [-0.25, -0.2) is 0 Å². The maximum atomic E-state index is 8.98. The maximum absolute atomic E-state index is 8.98. The second-order valence-corrected chi connectivity index (χ2v) is 7.24. The molecule has 0 bridgehead atoms. The van der Waals surface area contributed by atoms with Gasteiger partial charge in [0.1, 0.15) is 5.60 Å². The van der Waals surface area contributed by atoms with Crippen LogP contribution in [0, 0.1) is 11.3 Å². The Hall–Kier alpha value is -1.65. The Balaban J connectivity index is 1.69. The third-order valence-electron chi connectivity index (χ3n) is 4.90. The van der Waals surface area contributed by atoms with Gasteiger partial charge < -0.3 is 19.3 Å². The molecule has 6 heteroatoms. The normalized spacial score (nSPS) is 25.1. The molecule has 2 aliphatic heterocycles. The Morgan fingerprint density at radius 2 is 1.96 bits per heavy atom. The number of ether oxygens (including phenoxy) is 2. The minimum absolute atomic E-state index is 0.283. The van der Waals surface area contributed by atoms with Crippen LogP contribution in [0.1, 0.15) is 5.56 Å². The lowest BCUT2D eigenvalue weighted by atomic mass is 10.0. The molecular formula is C19H28N4O2. The molecule has 136 valence electrons. The number of nitriles is 1. The van der Waals surface area contributed by atoms with Crippen LogP contribution in [0.5, 0.6) is 0 Å². The molecule has 25 heavy (non-hydrogen) atoms. The molecule has 0 amide bonds. The van der Waals surface area contributed by atoms with Crippen molar-refractivity contribution in [3.8, 4) is 6.07 Å². The standard InChI is InChI=1S/C19H28N4O2/c1-21(2)7-8-22-9-11-24-16-19(14-22)15-23(10-12-25-19)18-5-3-17(13-20)4-6-18/h3-6H,7-12,14-16H2,1-2H3. The molecule has 1 spiro atoms. The largest absolute Gasteiger partial charge is 0.377 e. The van der Waals surface area contributed by atoms with Crippen LogP contribution >= 0.6 is 0 Å². The van der Waals surface area contributed by atoms with Gasteiger partial charge in [-0.3, -0.25) is 4.90 Å². The van der Waals surface area contributed by atoms with Crippen LogP contribution in [-0.4, -0.2) is 88.6 Å². The lowest BCUT2D eigenvalue weighted by molar-refractivity contribution is -0.0996. The van der Waals surface area contributed by atoms with Crippen molar-refractivity contribution in [1.29, 1.82) is 5.26 Å². The summed E-state index contributed by atoms with van der Waals surface area (Å²) in [4.78, 5) is 7.02. The summed E-state index contributed by atoms with van der Waals surface area (Å²) in [5.41, 5.74) is 1.56. The molecule has 6 nitrogen and oxygen atoms in total. The lowest BCUT2D eigenvalue weighted by Gasteiger charge is -2.44. The summed E-state index contributed by atoms with van der Waals surface area (Å²) in [6, 6.07) is 9.99. The van der Waals surface area contributed by atoms with E-state index in [2.05, 4.69) is 34.9 Å². The van der Waals surface area contributed by atoms with Crippen molar-refractivity contribution in [2.45, 2.75) is 5.60 Å². The number of hydrogen-bond acceptors (Lipinski definition) is 6. The number of benzene rings is 1. The SMILES string of the molecule is CN(C)CCN1CCOCC2(C1)CN(c1ccc(C#N)cc1)CCO2. The first-order chi connectivity index (χ1) is 12.1. The Labute approximate surface area is 150 Å². The smallest absolute Gasteiger partial charge is 0.121 e. The van der Waals surface area contributed by atoms with E-state index in [-0.39, 0.29) is 5.60 Å². The molecule has 3 rings (SSSR count). The number of hydrogen-bond donors (Lipinski definition) is 0. The van der Waals surface area contributed by atoms with E-state index in [1.54, 1.807) is 0 Å². The van der Waals surface area contributed by atoms with Crippen LogP contribution < -0.4 is 4.90 Å². The van der Waals surface area contributed by atoms with Gasteiger partial charge >= 0.3 is 0 Å². The monoisotopic (exact) mass is 344 g/mol. The molecule has 1 aromatic carbocycles. The quantitative estimate of drug-likeness (QED) is 0.813. The number of nitrogens with zero attached hydrogens (tertiary/aromatic N) is 4. The van der Waals surface area contributed by atoms with Crippen molar-refractivity contribution in [3.63, 3.8) is 0 Å². The Morgan fingerprint density at radius 1 is 1.16 bits per heavy atom. The molecule has 0 saturated carbocycles. The summed E-state index contributed by atoms with van der Waals surface area (Å²) in [6.07, 6.45) is 0. The molecule has 1 atom stereocenters. The third kappa shape index (κ3) is 4.71. The predicted molar refractivity (Wildman–Crippen MR) is 97.9 cm³/mol. The first-order valence-corrected chi connectivity index (χ1v) is 8.94. The van der Waals surface area contributed by atoms with Crippen molar-refractivity contribution in [3.05, 3.63) is 29.8 Å². The zero-order valence-electron chi connectivity index (χ0n) is 15.3. The fourth-order valence-corrected chi connectivity index (χ4v) is 3.51. The number of morpholine rings is 1. The van der Waals surface area contributed by atoms with Gasteiger partial charge in [-0.15, -0.1) is 0 Å². The van der Waals surface area contributed by atoms with Crippen LogP contribution in [0.15, 0.2) is 24.3 Å². The second-order valence-electron chi connectivity index (χ2n) is 7.24. The van der Waals surface area contributed by atoms with E-state index in [0.29, 0.717) is 18.8 Å². The highest BCUT2D eigenvalue weighted by Gasteiger charge is 2.40. The van der Waals surface area contributed by atoms with Gasteiger partial charge in [0, 0.05) is 38.4 Å². The molecule has 2 fully saturated rings. The molecule has 0 aromatic heterocycles. The van der Waals surface area contributed by atoms with Gasteiger partial charge in [-0.1, -0.05) is 0 Å². The van der Waals surface area contributed by atoms with E-state index >= 15 is 0 Å². The molecule has 2 aliphatic rings. The summed E-state index contributed by atoms with van der Waals surface area (Å²) in [5.74, 6) is 0. The van der Waals surface area contributed by atoms with E-state index in [1.807, 2.05) is 24.3 Å². The van der Waals surface area contributed by atoms with Gasteiger partial charge in [0.05, 0.1) is 38.0 Å². The fraction of sp³-hybridized carbons (Fsp3) is 0.632. The van der Waals surface area contributed by atoms with Crippen LogP contribution in [0.3, 0.4) is 0 Å². The molecule has 2 heterocycles. The average Bonchev–Trinajstić information content (AvgIpc) is 2.82. The van der Waals surface area contributed by atoms with Gasteiger partial charge in [-0.2, -0.15) is 5.26 Å². The van der Waals surface area contributed by atoms with E-state index in [0.717, 1.165) is 51.6 Å². The summed E-state index contributed by atoms with van der Waals surface area (Å²) < 4.78 is 12.1. The first kappa shape index (κ1) is 18.2. The van der Waals surface area contributed by atoms with E-state index in [1.165, 1.54) is 0 Å². The highest BCUT2D eigenvalue weighted by molar-refractivity contribution is 5.50. The van der Waals surface area contributed by atoms with Crippen LogP contribution in [0.4, 0.5) is 5.69 Å². The molecule has 2 saturated heterocycles. The average molecular weight is 344 g/mol. The topological polar surface area (TPSA) is 52.0 Å². The number of anilines is 1. The van der Waals surface area contributed by atoms with Crippen molar-refractivity contribution in [2.24, 2.45) is 0 Å². The van der Waals surface area contributed by atoms with Gasteiger partial charge in [-0.05, 0) is 38.4 Å². The Morgan fingerprint density at radius 3 is 2.68 bits per heavy atom. The highest BCUT2D eigenvalue weighted by atomic mass is 16.5. The molecule has 0 radical (unpaired) electrons. The van der Waals surface area contributed by atoms with Gasteiger partial charge in [0.15, 0.2) is 0 Å². The van der Waals surface area contributed by atoms with Crippen molar-refractivity contribution < 1.29 is 9.47 Å². The maximum Gasteiger partial charge on any atom is 0.121 e. The molecule has 1 aromatic rings. The Kier molecular flexibility index (Phi) is 5.92. The lowest BCUT2D eigenvalue weighted by Crippen LogP contribution is -2.59. The number of rotatable bonds is 4. The summed E-state index contributed by atoms with van der Waals surface area (Å²) in [6.45, 7) is 7.69. The van der Waals surface area contributed by atoms with E-state index in [9.17, 15) is 0 Å². The Bertz CT molecular complexity index is 598. The zero-order valence-corrected chi connectivity index (χ0v) is 15.3. The molecule has 0 N–H and O–H groups in total. The summed E-state index contributed by atoms with van der Waals surface area (Å²) in [5, 5.41) is 8.98. The van der Waals surface area contributed by atoms with Crippen molar-refractivity contribution >= 4 is 5.69 Å². The number of likely N-dealkylation sites (N-methyl/N-ethyl adjacent to an activating group) is 1. The van der Waals surface area contributed by atoms with Crippen LogP contribution in [-0.2, 0) is 9.47 Å². The van der Waals surface area contributed by atoms with Crippen molar-refractivity contribution in [2.75, 3.05) is 78.1 Å². The first-order valence-electron chi connectivity index (χ1n) is 8.94. The fourth-order valence-electron chi connectivity index (χ4n) is 3.51. The summed E-state index contributed by atoms with van der Waals surface area (Å²) in [7, 11) is 4.21. The van der Waals surface area contributed by atoms with Crippen molar-refractivity contribution in [1.82, 2.24) is 9.80 Å². The predicted octanol–water partition coefficient (Wildman–Crippen LogP) is 1.03. The molecule has 1 unspecified atom stereocenters. The summed E-state index contributed by atoms with van der Waals surface area (Å²) >= 11 is 0. The van der Waals surface area contributed by atoms with E-state index in [4.69, 9.17) is 14.7 Å². The molecular weight excluding hydrogens is 316 g/mol. The second kappa shape index (κ2) is 8.15. The third-order valence-corrected chi connectivity index (χ3v) is 4.90. The zero-order chi connectivity index (χ0) is 17.7. The highest BCUT2D eigenvalue weighted by Crippen LogP contribution is 2.26. The van der Waals surface area contributed by atoms with Crippen LogP contribution in [0.2, 0.25) is 0 Å². The van der Waals surface area contributed by atoms with Gasteiger partial charge in [0.2, 0.25) is 0 Å². The van der Waals surface area contributed by atoms with Crippen LogP contribution in [0.25, 0.3) is 0 Å². The van der Waals surface area contributed by atoms with E-state index < -0.39 is 0 Å². The minimum atomic E-state index is -0.283.